The lowest BCUT2D eigenvalue weighted by molar-refractivity contribution is 0.369. The lowest BCUT2D eigenvalue weighted by Gasteiger charge is -2.12. The third kappa shape index (κ3) is 4.15. The van der Waals surface area contributed by atoms with Crippen molar-refractivity contribution < 1.29 is 9.47 Å². The molecule has 0 fully saturated rings. The number of allylic oxidation sites excluding steroid dienone is 2. The topological polar surface area (TPSA) is 18.5 Å². The van der Waals surface area contributed by atoms with Crippen LogP contribution in [0.2, 0.25) is 0 Å². The van der Waals surface area contributed by atoms with Crippen LogP contribution in [-0.2, 0) is 4.74 Å². The van der Waals surface area contributed by atoms with E-state index in [0.29, 0.717) is 0 Å². The first-order chi connectivity index (χ1) is 11.2. The van der Waals surface area contributed by atoms with Gasteiger partial charge in [0.05, 0.1) is 14.2 Å². The zero-order valence-corrected chi connectivity index (χ0v) is 14.1. The molecule has 2 nitrogen and oxygen atoms in total. The molecule has 0 spiro atoms. The zero-order chi connectivity index (χ0) is 16.7. The van der Waals surface area contributed by atoms with Crippen molar-refractivity contribution in [1.82, 2.24) is 0 Å². The van der Waals surface area contributed by atoms with Crippen molar-refractivity contribution in [3.05, 3.63) is 83.1 Å². The molecule has 0 aliphatic carbocycles. The lowest BCUT2D eigenvalue weighted by Crippen LogP contribution is -1.94. The van der Waals surface area contributed by atoms with Gasteiger partial charge >= 0.3 is 0 Å². The molecular weight excluding hydrogens is 284 g/mol. The highest BCUT2D eigenvalue weighted by Gasteiger charge is 2.08. The Morgan fingerprint density at radius 3 is 2.35 bits per heavy atom. The second kappa shape index (κ2) is 8.07. The molecule has 0 N–H and O–H groups in total. The number of hydrogen-bond donors (Lipinski definition) is 0. The smallest absolute Gasteiger partial charge is 0.127 e. The maximum absolute atomic E-state index is 5.63. The van der Waals surface area contributed by atoms with Crippen LogP contribution in [0.3, 0.4) is 0 Å². The van der Waals surface area contributed by atoms with E-state index in [1.165, 1.54) is 0 Å². The van der Waals surface area contributed by atoms with Crippen LogP contribution in [-0.4, -0.2) is 14.2 Å². The van der Waals surface area contributed by atoms with Gasteiger partial charge in [-0.3, -0.25) is 0 Å². The average Bonchev–Trinajstić information content (AvgIpc) is 2.59. The maximum Gasteiger partial charge on any atom is 0.127 e. The van der Waals surface area contributed by atoms with Crippen LogP contribution >= 0.6 is 0 Å². The first-order valence-electron chi connectivity index (χ1n) is 7.57. The fourth-order valence-corrected chi connectivity index (χ4v) is 2.40. The predicted molar refractivity (Wildman–Crippen MR) is 96.3 cm³/mol. The van der Waals surface area contributed by atoms with Crippen LogP contribution < -0.4 is 4.74 Å². The third-order valence-corrected chi connectivity index (χ3v) is 3.58. The van der Waals surface area contributed by atoms with E-state index >= 15 is 0 Å². The molecule has 0 amide bonds. The monoisotopic (exact) mass is 306 g/mol. The normalized spacial score (nSPS) is 10.7. The molecule has 0 radical (unpaired) electrons. The first-order valence-corrected chi connectivity index (χ1v) is 7.57. The molecule has 0 aliphatic heterocycles. The number of hydrogen-bond acceptors (Lipinski definition) is 2. The molecule has 0 unspecified atom stereocenters. The Bertz CT molecular complexity index is 749. The molecule has 0 atom stereocenters. The summed E-state index contributed by atoms with van der Waals surface area (Å²) in [6, 6.07) is 16.1. The number of methoxy groups -OCH3 is 2. The number of benzene rings is 2. The Morgan fingerprint density at radius 1 is 1.04 bits per heavy atom. The van der Waals surface area contributed by atoms with E-state index in [2.05, 4.69) is 17.9 Å². The molecule has 118 valence electrons. The van der Waals surface area contributed by atoms with Crippen molar-refractivity contribution in [3.63, 3.8) is 0 Å². The summed E-state index contributed by atoms with van der Waals surface area (Å²) in [5, 5.41) is 0. The van der Waals surface area contributed by atoms with Crippen LogP contribution in [0.4, 0.5) is 0 Å². The van der Waals surface area contributed by atoms with E-state index in [4.69, 9.17) is 9.47 Å². The summed E-state index contributed by atoms with van der Waals surface area (Å²) in [5.74, 6) is 1.65. The summed E-state index contributed by atoms with van der Waals surface area (Å²) < 4.78 is 10.9. The minimum absolute atomic E-state index is 0.804. The third-order valence-electron chi connectivity index (χ3n) is 3.58. The van der Waals surface area contributed by atoms with Crippen LogP contribution in [0, 0.1) is 6.92 Å². The Labute approximate surface area is 138 Å². The number of rotatable bonds is 5. The molecule has 0 aromatic heterocycles. The minimum atomic E-state index is 0.804. The first kappa shape index (κ1) is 16.7. The van der Waals surface area contributed by atoms with Gasteiger partial charge in [0.15, 0.2) is 0 Å². The minimum Gasteiger partial charge on any atom is -0.497 e. The lowest BCUT2D eigenvalue weighted by atomic mass is 10.0. The highest BCUT2D eigenvalue weighted by atomic mass is 16.5. The standard InChI is InChI=1S/C21H22O2/c1-5-9-18(17-10-7-6-8-11-17)15-21(23-4)20-13-12-19(22-3)14-16(20)2/h5-8,10-15H,1-4H3/b21-15+. The highest BCUT2D eigenvalue weighted by Crippen LogP contribution is 2.27. The molecular formula is C21H22O2. The van der Waals surface area contributed by atoms with E-state index in [1.807, 2.05) is 62.4 Å². The van der Waals surface area contributed by atoms with Gasteiger partial charge in [-0.25, -0.2) is 0 Å². The van der Waals surface area contributed by atoms with Crippen molar-refractivity contribution in [2.75, 3.05) is 14.2 Å². The molecule has 23 heavy (non-hydrogen) atoms. The van der Waals surface area contributed by atoms with E-state index in [9.17, 15) is 0 Å². The molecule has 0 saturated heterocycles. The molecule has 0 aliphatic rings. The number of ether oxygens (including phenoxy) is 2. The SMILES string of the molecule is CC=C=C(/C=C(/OC)c1ccc(OC)cc1C)c1ccccc1. The molecule has 0 heterocycles. The van der Waals surface area contributed by atoms with Gasteiger partial charge in [0.25, 0.3) is 0 Å². The Hall–Kier alpha value is -2.70. The van der Waals surface area contributed by atoms with Gasteiger partial charge in [-0.05, 0) is 55.3 Å². The fraction of sp³-hybridized carbons (Fsp3) is 0.190. The Balaban J connectivity index is 2.50. The fourth-order valence-electron chi connectivity index (χ4n) is 2.40. The largest absolute Gasteiger partial charge is 0.497 e. The number of aryl methyl sites for hydroxylation is 1. The van der Waals surface area contributed by atoms with Crippen LogP contribution in [0.5, 0.6) is 5.75 Å². The second-order valence-electron chi connectivity index (χ2n) is 5.11. The van der Waals surface area contributed by atoms with Gasteiger partial charge < -0.3 is 9.47 Å². The van der Waals surface area contributed by atoms with Gasteiger partial charge in [-0.15, -0.1) is 5.73 Å². The van der Waals surface area contributed by atoms with Crippen molar-refractivity contribution in [2.24, 2.45) is 0 Å². The van der Waals surface area contributed by atoms with Gasteiger partial charge in [0.1, 0.15) is 11.5 Å². The Kier molecular flexibility index (Phi) is 5.85. The maximum atomic E-state index is 5.63. The molecule has 2 aromatic rings. The summed E-state index contributed by atoms with van der Waals surface area (Å²) in [5.41, 5.74) is 7.52. The van der Waals surface area contributed by atoms with Crippen molar-refractivity contribution in [3.8, 4) is 5.75 Å². The van der Waals surface area contributed by atoms with Crippen molar-refractivity contribution in [2.45, 2.75) is 13.8 Å². The quantitative estimate of drug-likeness (QED) is 0.427. The average molecular weight is 306 g/mol. The van der Waals surface area contributed by atoms with Crippen molar-refractivity contribution >= 4 is 11.3 Å². The molecule has 2 aromatic carbocycles. The summed E-state index contributed by atoms with van der Waals surface area (Å²) in [4.78, 5) is 0. The van der Waals surface area contributed by atoms with Gasteiger partial charge in [0.2, 0.25) is 0 Å². The zero-order valence-electron chi connectivity index (χ0n) is 14.1. The second-order valence-corrected chi connectivity index (χ2v) is 5.11. The summed E-state index contributed by atoms with van der Waals surface area (Å²) >= 11 is 0. The molecule has 0 saturated carbocycles. The van der Waals surface area contributed by atoms with E-state index in [0.717, 1.165) is 33.8 Å². The van der Waals surface area contributed by atoms with Crippen LogP contribution in [0.15, 0.2) is 66.4 Å². The van der Waals surface area contributed by atoms with Gasteiger partial charge in [0, 0.05) is 11.1 Å². The molecule has 2 rings (SSSR count). The van der Waals surface area contributed by atoms with Crippen LogP contribution in [0.1, 0.15) is 23.6 Å². The van der Waals surface area contributed by atoms with Gasteiger partial charge in [-0.2, -0.15) is 0 Å². The molecule has 0 bridgehead atoms. The highest BCUT2D eigenvalue weighted by molar-refractivity contribution is 5.82. The van der Waals surface area contributed by atoms with E-state index < -0.39 is 0 Å². The molecule has 2 heteroatoms. The Morgan fingerprint density at radius 2 is 1.78 bits per heavy atom. The van der Waals surface area contributed by atoms with E-state index in [1.54, 1.807) is 14.2 Å². The summed E-state index contributed by atoms with van der Waals surface area (Å²) in [6.07, 6.45) is 3.93. The predicted octanol–water partition coefficient (Wildman–Crippen LogP) is 5.25. The summed E-state index contributed by atoms with van der Waals surface area (Å²) in [6.45, 7) is 4.01. The van der Waals surface area contributed by atoms with Crippen molar-refractivity contribution in [1.29, 1.82) is 0 Å². The van der Waals surface area contributed by atoms with E-state index in [-0.39, 0.29) is 0 Å². The van der Waals surface area contributed by atoms with Crippen LogP contribution in [0.25, 0.3) is 11.3 Å². The summed E-state index contributed by atoms with van der Waals surface area (Å²) in [7, 11) is 3.36. The van der Waals surface area contributed by atoms with Gasteiger partial charge in [-0.1, -0.05) is 30.3 Å².